The van der Waals surface area contributed by atoms with Crippen LogP contribution in [-0.4, -0.2) is 35.6 Å². The second-order valence-corrected chi connectivity index (χ2v) is 9.67. The fourth-order valence-corrected chi connectivity index (χ4v) is 7.39. The lowest BCUT2D eigenvalue weighted by Gasteiger charge is -2.69. The maximum Gasteiger partial charge on any atom is 0.0226 e. The summed E-state index contributed by atoms with van der Waals surface area (Å²) in [4.78, 5) is 2.94. The van der Waals surface area contributed by atoms with Gasteiger partial charge in [-0.1, -0.05) is 13.8 Å². The average Bonchev–Trinajstić information content (AvgIpc) is 2.27. The molecule has 5 fully saturated rings. The Morgan fingerprint density at radius 1 is 0.950 bits per heavy atom. The standard InChI is InChI=1S/C18H32N2/c1-13-9-20(14(2)8-19-13)18-7-15-5-16(3,11-18)10-17(4,6-15)12-18/h13-15,19H,5-12H2,1-4H3. The van der Waals surface area contributed by atoms with Gasteiger partial charge in [-0.3, -0.25) is 4.90 Å². The minimum Gasteiger partial charge on any atom is -0.311 e. The van der Waals surface area contributed by atoms with E-state index in [1.807, 2.05) is 0 Å². The SMILES string of the molecule is CC1CN(C23CC4CC(C)(CC(C)(C4)C2)C3)C(C)CN1. The van der Waals surface area contributed by atoms with Crippen molar-refractivity contribution in [2.75, 3.05) is 13.1 Å². The van der Waals surface area contributed by atoms with Gasteiger partial charge in [0.25, 0.3) is 0 Å². The van der Waals surface area contributed by atoms with Crippen LogP contribution in [0.15, 0.2) is 0 Å². The molecule has 1 saturated heterocycles. The van der Waals surface area contributed by atoms with Gasteiger partial charge < -0.3 is 5.32 Å². The Morgan fingerprint density at radius 2 is 1.60 bits per heavy atom. The Bertz CT molecular complexity index is 400. The Labute approximate surface area is 124 Å². The van der Waals surface area contributed by atoms with Crippen LogP contribution in [-0.2, 0) is 0 Å². The van der Waals surface area contributed by atoms with Crippen molar-refractivity contribution in [1.82, 2.24) is 10.2 Å². The maximum absolute atomic E-state index is 3.67. The molecule has 0 spiro atoms. The van der Waals surface area contributed by atoms with Gasteiger partial charge in [0, 0.05) is 30.7 Å². The highest BCUT2D eigenvalue weighted by atomic mass is 15.3. The molecule has 0 amide bonds. The Hall–Kier alpha value is -0.0800. The molecule has 4 saturated carbocycles. The molecule has 0 aromatic heterocycles. The van der Waals surface area contributed by atoms with Gasteiger partial charge in [-0.15, -0.1) is 0 Å². The van der Waals surface area contributed by atoms with Crippen molar-refractivity contribution in [2.24, 2.45) is 16.7 Å². The molecule has 4 atom stereocenters. The maximum atomic E-state index is 3.67. The van der Waals surface area contributed by atoms with E-state index in [4.69, 9.17) is 0 Å². The van der Waals surface area contributed by atoms with E-state index >= 15 is 0 Å². The number of piperazine rings is 1. The highest BCUT2D eigenvalue weighted by molar-refractivity contribution is 5.16. The summed E-state index contributed by atoms with van der Waals surface area (Å²) in [7, 11) is 0. The Balaban J connectivity index is 1.69. The molecule has 1 heterocycles. The Morgan fingerprint density at radius 3 is 2.20 bits per heavy atom. The van der Waals surface area contributed by atoms with Crippen molar-refractivity contribution in [3.8, 4) is 0 Å². The normalized spacial score (nSPS) is 59.1. The lowest BCUT2D eigenvalue weighted by Crippen LogP contribution is -2.70. The van der Waals surface area contributed by atoms with E-state index in [0.717, 1.165) is 12.0 Å². The van der Waals surface area contributed by atoms with E-state index in [1.165, 1.54) is 51.6 Å². The summed E-state index contributed by atoms with van der Waals surface area (Å²) in [6, 6.07) is 1.38. The van der Waals surface area contributed by atoms with E-state index in [-0.39, 0.29) is 0 Å². The van der Waals surface area contributed by atoms with Crippen LogP contribution in [0.4, 0.5) is 0 Å². The average molecular weight is 276 g/mol. The topological polar surface area (TPSA) is 15.3 Å². The summed E-state index contributed by atoms with van der Waals surface area (Å²) in [6.45, 7) is 12.5. The summed E-state index contributed by atoms with van der Waals surface area (Å²) in [6.07, 6.45) is 8.97. The minimum atomic E-state index is 0.540. The van der Waals surface area contributed by atoms with Crippen LogP contribution < -0.4 is 5.32 Å². The van der Waals surface area contributed by atoms with Crippen molar-refractivity contribution in [2.45, 2.75) is 83.8 Å². The number of rotatable bonds is 1. The van der Waals surface area contributed by atoms with E-state index in [2.05, 4.69) is 37.9 Å². The zero-order valence-corrected chi connectivity index (χ0v) is 13.8. The largest absolute Gasteiger partial charge is 0.311 e. The van der Waals surface area contributed by atoms with Crippen LogP contribution in [0.25, 0.3) is 0 Å². The third kappa shape index (κ3) is 1.90. The van der Waals surface area contributed by atoms with Crippen molar-refractivity contribution < 1.29 is 0 Å². The van der Waals surface area contributed by atoms with Gasteiger partial charge in [-0.05, 0) is 69.1 Å². The summed E-state index contributed by atoms with van der Waals surface area (Å²) in [5.41, 5.74) is 1.82. The molecule has 0 aromatic carbocycles. The molecule has 4 unspecified atom stereocenters. The zero-order valence-electron chi connectivity index (χ0n) is 13.8. The van der Waals surface area contributed by atoms with Crippen LogP contribution in [0.3, 0.4) is 0 Å². The minimum absolute atomic E-state index is 0.540. The number of nitrogens with zero attached hydrogens (tertiary/aromatic N) is 1. The molecule has 5 aliphatic rings. The van der Waals surface area contributed by atoms with E-state index in [1.54, 1.807) is 0 Å². The first-order chi connectivity index (χ1) is 9.32. The van der Waals surface area contributed by atoms with Crippen molar-refractivity contribution in [3.05, 3.63) is 0 Å². The number of hydrogen-bond acceptors (Lipinski definition) is 2. The predicted molar refractivity (Wildman–Crippen MR) is 83.8 cm³/mol. The van der Waals surface area contributed by atoms with Crippen LogP contribution in [0.5, 0.6) is 0 Å². The monoisotopic (exact) mass is 276 g/mol. The van der Waals surface area contributed by atoms with Crippen LogP contribution >= 0.6 is 0 Å². The summed E-state index contributed by atoms with van der Waals surface area (Å²) >= 11 is 0. The molecule has 1 N–H and O–H groups in total. The van der Waals surface area contributed by atoms with Crippen molar-refractivity contribution in [3.63, 3.8) is 0 Å². The predicted octanol–water partition coefficient (Wildman–Crippen LogP) is 3.42. The van der Waals surface area contributed by atoms with Crippen LogP contribution in [0.1, 0.15) is 66.2 Å². The molecule has 4 bridgehead atoms. The third-order valence-corrected chi connectivity index (χ3v) is 6.97. The lowest BCUT2D eigenvalue weighted by molar-refractivity contribution is -0.174. The summed E-state index contributed by atoms with van der Waals surface area (Å²) in [5, 5.41) is 3.67. The van der Waals surface area contributed by atoms with Gasteiger partial charge in [0.2, 0.25) is 0 Å². The molecule has 0 radical (unpaired) electrons. The molecule has 2 heteroatoms. The van der Waals surface area contributed by atoms with Gasteiger partial charge in [-0.25, -0.2) is 0 Å². The second-order valence-electron chi connectivity index (χ2n) is 9.67. The van der Waals surface area contributed by atoms with E-state index in [9.17, 15) is 0 Å². The fourth-order valence-electron chi connectivity index (χ4n) is 7.39. The van der Waals surface area contributed by atoms with E-state index in [0.29, 0.717) is 22.4 Å². The van der Waals surface area contributed by atoms with Gasteiger partial charge in [0.05, 0.1) is 0 Å². The first kappa shape index (κ1) is 13.6. The highest BCUT2D eigenvalue weighted by Gasteiger charge is 2.62. The summed E-state index contributed by atoms with van der Waals surface area (Å²) in [5.74, 6) is 1.01. The second kappa shape index (κ2) is 4.01. The van der Waals surface area contributed by atoms with Gasteiger partial charge in [0.1, 0.15) is 0 Å². The zero-order chi connectivity index (χ0) is 14.2. The summed E-state index contributed by atoms with van der Waals surface area (Å²) < 4.78 is 0. The molecule has 1 aliphatic heterocycles. The quantitative estimate of drug-likeness (QED) is 0.789. The van der Waals surface area contributed by atoms with E-state index < -0.39 is 0 Å². The number of hydrogen-bond donors (Lipinski definition) is 1. The van der Waals surface area contributed by atoms with Crippen molar-refractivity contribution in [1.29, 1.82) is 0 Å². The molecule has 114 valence electrons. The van der Waals surface area contributed by atoms with Crippen LogP contribution in [0, 0.1) is 16.7 Å². The van der Waals surface area contributed by atoms with Gasteiger partial charge in [-0.2, -0.15) is 0 Å². The van der Waals surface area contributed by atoms with Crippen LogP contribution in [0.2, 0.25) is 0 Å². The van der Waals surface area contributed by atoms with Gasteiger partial charge >= 0.3 is 0 Å². The Kier molecular flexibility index (Phi) is 2.72. The molecular formula is C18H32N2. The molecule has 20 heavy (non-hydrogen) atoms. The number of nitrogens with one attached hydrogen (secondary N) is 1. The smallest absolute Gasteiger partial charge is 0.0226 e. The van der Waals surface area contributed by atoms with Crippen molar-refractivity contribution >= 4 is 0 Å². The fraction of sp³-hybridized carbons (Fsp3) is 1.00. The molecule has 4 aliphatic carbocycles. The third-order valence-electron chi connectivity index (χ3n) is 6.97. The first-order valence-corrected chi connectivity index (χ1v) is 8.82. The highest BCUT2D eigenvalue weighted by Crippen LogP contribution is 2.67. The van der Waals surface area contributed by atoms with Gasteiger partial charge in [0.15, 0.2) is 0 Å². The lowest BCUT2D eigenvalue weighted by atomic mass is 9.42. The molecule has 2 nitrogen and oxygen atoms in total. The first-order valence-electron chi connectivity index (χ1n) is 8.82. The molecule has 5 rings (SSSR count). The molecule has 0 aromatic rings. The molecular weight excluding hydrogens is 244 g/mol.